The molecule has 0 fully saturated rings. The zero-order chi connectivity index (χ0) is 13.9. The van der Waals surface area contributed by atoms with E-state index in [1.165, 1.54) is 0 Å². The summed E-state index contributed by atoms with van der Waals surface area (Å²) in [4.78, 5) is 4.35. The van der Waals surface area contributed by atoms with Gasteiger partial charge in [0.05, 0.1) is 6.61 Å². The van der Waals surface area contributed by atoms with E-state index in [4.69, 9.17) is 4.74 Å². The SMILES string of the molecule is OCc1cc(Br)ccc1Oc1cccc2cccnc12. The van der Waals surface area contributed by atoms with Crippen molar-refractivity contribution in [2.24, 2.45) is 0 Å². The molecule has 0 aliphatic rings. The van der Waals surface area contributed by atoms with E-state index < -0.39 is 0 Å². The van der Waals surface area contributed by atoms with Crippen LogP contribution in [-0.2, 0) is 6.61 Å². The second-order valence-electron chi connectivity index (χ2n) is 4.34. The van der Waals surface area contributed by atoms with Crippen LogP contribution in [0.2, 0.25) is 0 Å². The third kappa shape index (κ3) is 2.53. The zero-order valence-corrected chi connectivity index (χ0v) is 12.2. The number of para-hydroxylation sites is 1. The van der Waals surface area contributed by atoms with Crippen molar-refractivity contribution in [3.05, 3.63) is 64.8 Å². The standard InChI is InChI=1S/C16H12BrNO2/c17-13-6-7-14(12(9-13)10-19)20-15-5-1-3-11-4-2-8-18-16(11)15/h1-9,19H,10H2. The van der Waals surface area contributed by atoms with Gasteiger partial charge in [-0.25, -0.2) is 0 Å². The third-order valence-corrected chi connectivity index (χ3v) is 3.50. The van der Waals surface area contributed by atoms with Crippen LogP contribution < -0.4 is 4.74 Å². The van der Waals surface area contributed by atoms with Crippen molar-refractivity contribution in [3.8, 4) is 11.5 Å². The highest BCUT2D eigenvalue weighted by Crippen LogP contribution is 2.31. The molecule has 3 aromatic rings. The molecule has 0 bridgehead atoms. The Balaban J connectivity index is 2.05. The van der Waals surface area contributed by atoms with Crippen molar-refractivity contribution < 1.29 is 9.84 Å². The number of halogens is 1. The first-order valence-electron chi connectivity index (χ1n) is 6.19. The molecule has 0 amide bonds. The van der Waals surface area contributed by atoms with Crippen LogP contribution in [-0.4, -0.2) is 10.1 Å². The number of hydrogen-bond donors (Lipinski definition) is 1. The fourth-order valence-electron chi connectivity index (χ4n) is 2.05. The van der Waals surface area contributed by atoms with Crippen LogP contribution in [0.3, 0.4) is 0 Å². The molecule has 0 aliphatic heterocycles. The monoisotopic (exact) mass is 329 g/mol. The largest absolute Gasteiger partial charge is 0.455 e. The van der Waals surface area contributed by atoms with Gasteiger partial charge in [0, 0.05) is 21.6 Å². The van der Waals surface area contributed by atoms with E-state index in [1.54, 1.807) is 6.20 Å². The molecule has 0 atom stereocenters. The average molecular weight is 330 g/mol. The van der Waals surface area contributed by atoms with Crippen molar-refractivity contribution in [1.29, 1.82) is 0 Å². The highest BCUT2D eigenvalue weighted by molar-refractivity contribution is 9.10. The first-order chi connectivity index (χ1) is 9.78. The van der Waals surface area contributed by atoms with Crippen LogP contribution in [0.15, 0.2) is 59.2 Å². The number of hydrogen-bond acceptors (Lipinski definition) is 3. The Morgan fingerprint density at radius 2 is 1.90 bits per heavy atom. The summed E-state index contributed by atoms with van der Waals surface area (Å²) < 4.78 is 6.83. The Bertz CT molecular complexity index is 753. The smallest absolute Gasteiger partial charge is 0.153 e. The number of aliphatic hydroxyl groups excluding tert-OH is 1. The molecule has 2 aromatic carbocycles. The minimum atomic E-state index is -0.0764. The lowest BCUT2D eigenvalue weighted by molar-refractivity contribution is 0.276. The zero-order valence-electron chi connectivity index (χ0n) is 10.6. The summed E-state index contributed by atoms with van der Waals surface area (Å²) in [6.45, 7) is -0.0764. The van der Waals surface area contributed by atoms with E-state index in [0.717, 1.165) is 20.9 Å². The van der Waals surface area contributed by atoms with Gasteiger partial charge in [-0.15, -0.1) is 0 Å². The third-order valence-electron chi connectivity index (χ3n) is 3.01. The predicted octanol–water partition coefficient (Wildman–Crippen LogP) is 4.28. The molecule has 0 saturated carbocycles. The highest BCUT2D eigenvalue weighted by Gasteiger charge is 2.08. The number of pyridine rings is 1. The Morgan fingerprint density at radius 3 is 2.75 bits per heavy atom. The van der Waals surface area contributed by atoms with Gasteiger partial charge in [0.15, 0.2) is 5.75 Å². The summed E-state index contributed by atoms with van der Waals surface area (Å²) in [5, 5.41) is 10.4. The molecule has 0 spiro atoms. The number of aromatic nitrogens is 1. The van der Waals surface area contributed by atoms with Crippen LogP contribution in [0.4, 0.5) is 0 Å². The Labute approximate surface area is 125 Å². The molecule has 4 heteroatoms. The number of aliphatic hydroxyl groups is 1. The van der Waals surface area contributed by atoms with Gasteiger partial charge in [-0.1, -0.05) is 34.1 Å². The van der Waals surface area contributed by atoms with E-state index in [2.05, 4.69) is 20.9 Å². The van der Waals surface area contributed by atoms with Crippen LogP contribution in [0.5, 0.6) is 11.5 Å². The van der Waals surface area contributed by atoms with Gasteiger partial charge in [-0.05, 0) is 30.3 Å². The fourth-order valence-corrected chi connectivity index (χ4v) is 2.46. The van der Waals surface area contributed by atoms with Gasteiger partial charge in [-0.2, -0.15) is 0 Å². The highest BCUT2D eigenvalue weighted by atomic mass is 79.9. The van der Waals surface area contributed by atoms with Crippen molar-refractivity contribution in [2.45, 2.75) is 6.61 Å². The van der Waals surface area contributed by atoms with Gasteiger partial charge in [-0.3, -0.25) is 4.98 Å². The molecule has 0 saturated heterocycles. The van der Waals surface area contributed by atoms with Crippen LogP contribution in [0, 0.1) is 0 Å². The lowest BCUT2D eigenvalue weighted by Crippen LogP contribution is -1.93. The average Bonchev–Trinajstić information content (AvgIpc) is 2.49. The molecule has 0 aliphatic carbocycles. The Morgan fingerprint density at radius 1 is 1.05 bits per heavy atom. The first-order valence-corrected chi connectivity index (χ1v) is 6.98. The maximum atomic E-state index is 9.42. The molecule has 0 unspecified atom stereocenters. The minimum absolute atomic E-state index is 0.0764. The summed E-state index contributed by atoms with van der Waals surface area (Å²) in [6.07, 6.45) is 1.74. The lowest BCUT2D eigenvalue weighted by atomic mass is 10.2. The normalized spacial score (nSPS) is 10.7. The molecule has 1 heterocycles. The van der Waals surface area contributed by atoms with Crippen LogP contribution in [0.1, 0.15) is 5.56 Å². The minimum Gasteiger partial charge on any atom is -0.455 e. The summed E-state index contributed by atoms with van der Waals surface area (Å²) in [5.74, 6) is 1.31. The van der Waals surface area contributed by atoms with E-state index in [0.29, 0.717) is 11.5 Å². The van der Waals surface area contributed by atoms with Crippen LogP contribution in [0.25, 0.3) is 10.9 Å². The van der Waals surface area contributed by atoms with Gasteiger partial charge in [0.2, 0.25) is 0 Å². The van der Waals surface area contributed by atoms with Gasteiger partial charge in [0.1, 0.15) is 11.3 Å². The van der Waals surface area contributed by atoms with Crippen molar-refractivity contribution >= 4 is 26.8 Å². The Hall–Kier alpha value is -1.91. The number of ether oxygens (including phenoxy) is 1. The second-order valence-corrected chi connectivity index (χ2v) is 5.26. The number of benzene rings is 2. The molecule has 0 radical (unpaired) electrons. The van der Waals surface area contributed by atoms with E-state index in [1.807, 2.05) is 48.5 Å². The predicted molar refractivity (Wildman–Crippen MR) is 81.9 cm³/mol. The molecule has 3 nitrogen and oxygen atoms in total. The first kappa shape index (κ1) is 13.1. The number of rotatable bonds is 3. The second kappa shape index (κ2) is 5.61. The van der Waals surface area contributed by atoms with E-state index in [-0.39, 0.29) is 6.61 Å². The molecular weight excluding hydrogens is 318 g/mol. The maximum absolute atomic E-state index is 9.42. The molecular formula is C16H12BrNO2. The summed E-state index contributed by atoms with van der Waals surface area (Å²) in [6, 6.07) is 15.2. The summed E-state index contributed by atoms with van der Waals surface area (Å²) in [5.41, 5.74) is 1.54. The molecule has 3 rings (SSSR count). The van der Waals surface area contributed by atoms with Crippen LogP contribution >= 0.6 is 15.9 Å². The molecule has 20 heavy (non-hydrogen) atoms. The fraction of sp³-hybridized carbons (Fsp3) is 0.0625. The molecule has 100 valence electrons. The lowest BCUT2D eigenvalue weighted by Gasteiger charge is -2.11. The summed E-state index contributed by atoms with van der Waals surface area (Å²) >= 11 is 3.38. The summed E-state index contributed by atoms with van der Waals surface area (Å²) in [7, 11) is 0. The van der Waals surface area contributed by atoms with Crippen molar-refractivity contribution in [3.63, 3.8) is 0 Å². The topological polar surface area (TPSA) is 42.4 Å². The van der Waals surface area contributed by atoms with Gasteiger partial charge >= 0.3 is 0 Å². The Kier molecular flexibility index (Phi) is 3.67. The maximum Gasteiger partial charge on any atom is 0.153 e. The number of nitrogens with zero attached hydrogens (tertiary/aromatic N) is 1. The van der Waals surface area contributed by atoms with E-state index >= 15 is 0 Å². The number of fused-ring (bicyclic) bond motifs is 1. The van der Waals surface area contributed by atoms with Crippen molar-refractivity contribution in [2.75, 3.05) is 0 Å². The quantitative estimate of drug-likeness (QED) is 0.779. The molecule has 1 N–H and O–H groups in total. The molecule has 1 aromatic heterocycles. The van der Waals surface area contributed by atoms with E-state index in [9.17, 15) is 5.11 Å². The van der Waals surface area contributed by atoms with Gasteiger partial charge in [0.25, 0.3) is 0 Å². The van der Waals surface area contributed by atoms with Gasteiger partial charge < -0.3 is 9.84 Å². The van der Waals surface area contributed by atoms with Crippen molar-refractivity contribution in [1.82, 2.24) is 4.98 Å².